The van der Waals surface area contributed by atoms with Crippen LogP contribution in [0.2, 0.25) is 0 Å². The van der Waals surface area contributed by atoms with Crippen molar-refractivity contribution in [3.8, 4) is 5.75 Å². The lowest BCUT2D eigenvalue weighted by Crippen LogP contribution is -2.31. The minimum absolute atomic E-state index is 0.331. The van der Waals surface area contributed by atoms with Gasteiger partial charge in [0, 0.05) is 18.2 Å². The zero-order chi connectivity index (χ0) is 12.4. The first-order valence-corrected chi connectivity index (χ1v) is 5.66. The van der Waals surface area contributed by atoms with Crippen molar-refractivity contribution < 1.29 is 14.3 Å². The summed E-state index contributed by atoms with van der Waals surface area (Å²) in [6, 6.07) is 5.82. The monoisotopic (exact) mass is 235 g/mol. The van der Waals surface area contributed by atoms with Gasteiger partial charge in [-0.15, -0.1) is 0 Å². The molecule has 0 unspecified atom stereocenters. The molecule has 1 aromatic rings. The van der Waals surface area contributed by atoms with Crippen LogP contribution in [0.3, 0.4) is 0 Å². The van der Waals surface area contributed by atoms with Gasteiger partial charge in [0.05, 0.1) is 12.7 Å². The summed E-state index contributed by atoms with van der Waals surface area (Å²) in [6.45, 7) is 3.58. The Labute approximate surface area is 101 Å². The third-order valence-corrected chi connectivity index (χ3v) is 3.14. The van der Waals surface area contributed by atoms with Crippen LogP contribution >= 0.6 is 0 Å². The van der Waals surface area contributed by atoms with E-state index >= 15 is 0 Å². The fourth-order valence-corrected chi connectivity index (χ4v) is 1.83. The van der Waals surface area contributed by atoms with Crippen LogP contribution in [0.1, 0.15) is 22.8 Å². The second-order valence-corrected chi connectivity index (χ2v) is 4.39. The quantitative estimate of drug-likeness (QED) is 0.694. The smallest absolute Gasteiger partial charge is 0.337 e. The molecular weight excluding hydrogens is 218 g/mol. The predicted octanol–water partition coefficient (Wildman–Crippen LogP) is 1.69. The molecule has 0 saturated carbocycles. The zero-order valence-electron chi connectivity index (χ0n) is 10.4. The van der Waals surface area contributed by atoms with Crippen LogP contribution in [0.5, 0.6) is 5.75 Å². The van der Waals surface area contributed by atoms with Crippen LogP contribution in [-0.2, 0) is 11.3 Å². The number of esters is 1. The van der Waals surface area contributed by atoms with E-state index in [0.29, 0.717) is 18.2 Å². The zero-order valence-corrected chi connectivity index (χ0v) is 10.4. The van der Waals surface area contributed by atoms with E-state index in [4.69, 9.17) is 9.47 Å². The summed E-state index contributed by atoms with van der Waals surface area (Å²) in [7, 11) is 3.45. The maximum absolute atomic E-state index is 11.4. The molecule has 1 aliphatic rings. The van der Waals surface area contributed by atoms with Crippen molar-refractivity contribution in [2.45, 2.75) is 19.5 Å². The summed E-state index contributed by atoms with van der Waals surface area (Å²) in [5, 5.41) is 0. The number of rotatable bonds is 1. The summed E-state index contributed by atoms with van der Waals surface area (Å²) in [5.41, 5.74) is 1.63. The Morgan fingerprint density at radius 3 is 3.00 bits per heavy atom. The molecule has 0 spiro atoms. The van der Waals surface area contributed by atoms with Crippen molar-refractivity contribution in [2.75, 3.05) is 20.8 Å². The van der Waals surface area contributed by atoms with E-state index in [0.717, 1.165) is 17.9 Å². The van der Waals surface area contributed by atoms with Gasteiger partial charge in [-0.3, -0.25) is 4.90 Å². The number of benzene rings is 1. The van der Waals surface area contributed by atoms with E-state index in [1.54, 1.807) is 12.1 Å². The molecule has 0 radical (unpaired) electrons. The second-order valence-electron chi connectivity index (χ2n) is 4.39. The number of ether oxygens (including phenoxy) is 2. The van der Waals surface area contributed by atoms with Gasteiger partial charge in [-0.05, 0) is 26.1 Å². The van der Waals surface area contributed by atoms with Crippen molar-refractivity contribution in [1.29, 1.82) is 0 Å². The fourth-order valence-electron chi connectivity index (χ4n) is 1.83. The molecule has 2 rings (SSSR count). The first-order chi connectivity index (χ1) is 8.11. The molecule has 17 heavy (non-hydrogen) atoms. The van der Waals surface area contributed by atoms with Gasteiger partial charge in [0.25, 0.3) is 0 Å². The number of fused-ring (bicyclic) bond motifs is 1. The lowest BCUT2D eigenvalue weighted by atomic mass is 10.1. The van der Waals surface area contributed by atoms with Crippen LogP contribution in [0, 0.1) is 0 Å². The Morgan fingerprint density at radius 2 is 2.29 bits per heavy atom. The Kier molecular flexibility index (Phi) is 3.33. The number of nitrogens with zero attached hydrogens (tertiary/aromatic N) is 1. The Balaban J connectivity index is 2.31. The number of hydrogen-bond donors (Lipinski definition) is 0. The van der Waals surface area contributed by atoms with Gasteiger partial charge in [-0.25, -0.2) is 4.79 Å². The Hall–Kier alpha value is -1.55. The van der Waals surface area contributed by atoms with Gasteiger partial charge in [-0.1, -0.05) is 6.07 Å². The highest BCUT2D eigenvalue weighted by atomic mass is 16.5. The van der Waals surface area contributed by atoms with E-state index in [1.165, 1.54) is 7.11 Å². The first-order valence-electron chi connectivity index (χ1n) is 5.66. The van der Waals surface area contributed by atoms with Crippen LogP contribution in [-0.4, -0.2) is 37.7 Å². The molecule has 1 aromatic carbocycles. The maximum atomic E-state index is 11.4. The van der Waals surface area contributed by atoms with E-state index < -0.39 is 0 Å². The van der Waals surface area contributed by atoms with Crippen molar-refractivity contribution in [3.63, 3.8) is 0 Å². The van der Waals surface area contributed by atoms with E-state index in [-0.39, 0.29) is 5.97 Å². The summed E-state index contributed by atoms with van der Waals surface area (Å²) < 4.78 is 10.4. The minimum atomic E-state index is -0.331. The first kappa shape index (κ1) is 11.9. The van der Waals surface area contributed by atoms with Crippen molar-refractivity contribution in [3.05, 3.63) is 29.3 Å². The largest absolute Gasteiger partial charge is 0.492 e. The van der Waals surface area contributed by atoms with Gasteiger partial charge in [0.15, 0.2) is 0 Å². The normalized spacial score (nSPS) is 20.1. The highest BCUT2D eigenvalue weighted by Gasteiger charge is 2.19. The molecule has 0 bridgehead atoms. The van der Waals surface area contributed by atoms with Crippen LogP contribution < -0.4 is 4.74 Å². The molecule has 4 nitrogen and oxygen atoms in total. The highest BCUT2D eigenvalue weighted by molar-refractivity contribution is 5.89. The molecule has 1 atom stereocenters. The Bertz CT molecular complexity index is 431. The van der Waals surface area contributed by atoms with Crippen LogP contribution in [0.4, 0.5) is 0 Å². The molecule has 0 aromatic heterocycles. The maximum Gasteiger partial charge on any atom is 0.337 e. The van der Waals surface area contributed by atoms with Gasteiger partial charge in [0.1, 0.15) is 12.4 Å². The van der Waals surface area contributed by atoms with Gasteiger partial charge in [-0.2, -0.15) is 0 Å². The number of carbonyl (C=O) groups is 1. The topological polar surface area (TPSA) is 38.8 Å². The van der Waals surface area contributed by atoms with Crippen molar-refractivity contribution >= 4 is 5.97 Å². The molecule has 0 saturated heterocycles. The van der Waals surface area contributed by atoms with Crippen LogP contribution in [0.15, 0.2) is 18.2 Å². The van der Waals surface area contributed by atoms with Gasteiger partial charge in [0.2, 0.25) is 0 Å². The van der Waals surface area contributed by atoms with Crippen molar-refractivity contribution in [2.24, 2.45) is 0 Å². The number of carbonyl (C=O) groups excluding carboxylic acids is 1. The lowest BCUT2D eigenvalue weighted by Gasteiger charge is -2.19. The van der Waals surface area contributed by atoms with Crippen molar-refractivity contribution in [1.82, 2.24) is 4.90 Å². The molecule has 0 aliphatic carbocycles. The van der Waals surface area contributed by atoms with E-state index in [1.807, 2.05) is 6.07 Å². The number of likely N-dealkylation sites (N-methyl/N-ethyl adjacent to an activating group) is 1. The third-order valence-electron chi connectivity index (χ3n) is 3.14. The lowest BCUT2D eigenvalue weighted by molar-refractivity contribution is 0.0600. The third kappa shape index (κ3) is 2.42. The average Bonchev–Trinajstić information content (AvgIpc) is 2.48. The van der Waals surface area contributed by atoms with Gasteiger partial charge < -0.3 is 9.47 Å². The molecule has 4 heteroatoms. The van der Waals surface area contributed by atoms with Crippen LogP contribution in [0.25, 0.3) is 0 Å². The van der Waals surface area contributed by atoms with E-state index in [9.17, 15) is 4.79 Å². The molecule has 1 heterocycles. The molecule has 1 aliphatic heterocycles. The molecule has 92 valence electrons. The highest BCUT2D eigenvalue weighted by Crippen LogP contribution is 2.25. The molecule has 0 N–H and O–H groups in total. The Morgan fingerprint density at radius 1 is 1.53 bits per heavy atom. The standard InChI is InChI=1S/C13H17NO3/c1-9-8-17-12-6-10(13(15)16-3)4-5-11(12)7-14(9)2/h4-6,9H,7-8H2,1-3H3/t9-/m0/s1. The number of methoxy groups -OCH3 is 1. The van der Waals surface area contributed by atoms with Gasteiger partial charge >= 0.3 is 5.97 Å². The molecular formula is C13H17NO3. The summed E-state index contributed by atoms with van der Waals surface area (Å²) in [5.74, 6) is 0.450. The summed E-state index contributed by atoms with van der Waals surface area (Å²) in [4.78, 5) is 13.7. The SMILES string of the molecule is COC(=O)c1ccc2c(c1)OC[C@H](C)N(C)C2. The average molecular weight is 235 g/mol. The van der Waals surface area contributed by atoms with E-state index in [2.05, 4.69) is 18.9 Å². The number of hydrogen-bond acceptors (Lipinski definition) is 4. The molecule has 0 fully saturated rings. The second kappa shape index (κ2) is 4.75. The fraction of sp³-hybridized carbons (Fsp3) is 0.462. The predicted molar refractivity (Wildman–Crippen MR) is 64.2 cm³/mol. The summed E-state index contributed by atoms with van der Waals surface area (Å²) in [6.07, 6.45) is 0. The molecule has 0 amide bonds. The summed E-state index contributed by atoms with van der Waals surface area (Å²) >= 11 is 0. The minimum Gasteiger partial charge on any atom is -0.492 e.